The molecular weight excluding hydrogens is 402 g/mol. The first-order valence-corrected chi connectivity index (χ1v) is 10.1. The van der Waals surface area contributed by atoms with Crippen LogP contribution in [0.5, 0.6) is 0 Å². The van der Waals surface area contributed by atoms with Crippen molar-refractivity contribution in [1.82, 2.24) is 9.97 Å². The van der Waals surface area contributed by atoms with Crippen LogP contribution in [0.25, 0.3) is 15.9 Å². The molecule has 0 fully saturated rings. The standard InChI is InChI=1S/C19H14F2N4O3S/c1-3-6-29(27,28)25-12-8-13(18(21)14(20)9-12)19(26)11-4-5-15-16(7-11)24-17(22-2)10-23-15/h4-5,7-10,25H,3,6H2,1H3. The van der Waals surface area contributed by atoms with Crippen LogP contribution in [-0.4, -0.2) is 29.9 Å². The Labute approximate surface area is 165 Å². The van der Waals surface area contributed by atoms with Gasteiger partial charge >= 0.3 is 0 Å². The van der Waals surface area contributed by atoms with Gasteiger partial charge in [0.15, 0.2) is 22.9 Å². The van der Waals surface area contributed by atoms with Crippen molar-refractivity contribution in [2.45, 2.75) is 13.3 Å². The molecule has 1 heterocycles. The molecule has 3 aromatic rings. The van der Waals surface area contributed by atoms with Crippen molar-refractivity contribution >= 4 is 38.3 Å². The van der Waals surface area contributed by atoms with Gasteiger partial charge in [-0.3, -0.25) is 14.5 Å². The highest BCUT2D eigenvalue weighted by molar-refractivity contribution is 7.92. The van der Waals surface area contributed by atoms with Crippen LogP contribution in [0.1, 0.15) is 29.3 Å². The molecule has 3 rings (SSSR count). The third-order valence-electron chi connectivity index (χ3n) is 3.93. The molecule has 0 aliphatic rings. The number of carbonyl (C=O) groups excluding carboxylic acids is 1. The molecule has 0 saturated heterocycles. The van der Waals surface area contributed by atoms with Gasteiger partial charge in [0.25, 0.3) is 5.82 Å². The molecule has 0 radical (unpaired) electrons. The number of hydrogen-bond donors (Lipinski definition) is 1. The Kier molecular flexibility index (Phi) is 5.52. The fraction of sp³-hybridized carbons (Fsp3) is 0.158. The average Bonchev–Trinajstić information content (AvgIpc) is 2.68. The first-order valence-electron chi connectivity index (χ1n) is 8.42. The second-order valence-corrected chi connectivity index (χ2v) is 7.96. The van der Waals surface area contributed by atoms with Gasteiger partial charge in [-0.25, -0.2) is 17.2 Å². The Morgan fingerprint density at radius 1 is 1.21 bits per heavy atom. The summed E-state index contributed by atoms with van der Waals surface area (Å²) in [4.78, 5) is 24.0. The van der Waals surface area contributed by atoms with E-state index >= 15 is 0 Å². The summed E-state index contributed by atoms with van der Waals surface area (Å²) in [5.41, 5.74) is -0.239. The Morgan fingerprint density at radius 2 is 1.97 bits per heavy atom. The number of sulfonamides is 1. The minimum absolute atomic E-state index is 0.0132. The molecule has 0 amide bonds. The van der Waals surface area contributed by atoms with Crippen LogP contribution in [0.15, 0.2) is 36.5 Å². The molecule has 1 aromatic heterocycles. The van der Waals surface area contributed by atoms with Gasteiger partial charge in [-0.05, 0) is 24.6 Å². The molecule has 10 heteroatoms. The number of nitrogens with one attached hydrogen (secondary N) is 1. The molecule has 29 heavy (non-hydrogen) atoms. The van der Waals surface area contributed by atoms with E-state index in [-0.39, 0.29) is 28.3 Å². The number of anilines is 1. The molecule has 7 nitrogen and oxygen atoms in total. The Hall–Kier alpha value is -3.45. The van der Waals surface area contributed by atoms with E-state index in [9.17, 15) is 22.0 Å². The number of hydrogen-bond acceptors (Lipinski definition) is 5. The lowest BCUT2D eigenvalue weighted by Crippen LogP contribution is -2.17. The van der Waals surface area contributed by atoms with Crippen molar-refractivity contribution in [3.05, 3.63) is 70.7 Å². The van der Waals surface area contributed by atoms with Gasteiger partial charge < -0.3 is 4.85 Å². The van der Waals surface area contributed by atoms with Gasteiger partial charge in [0.05, 0.1) is 23.2 Å². The van der Waals surface area contributed by atoms with Crippen LogP contribution in [-0.2, 0) is 10.0 Å². The Bertz CT molecular complexity index is 1270. The van der Waals surface area contributed by atoms with Gasteiger partial charge in [-0.1, -0.05) is 13.5 Å². The molecule has 0 atom stereocenters. The lowest BCUT2D eigenvalue weighted by molar-refractivity contribution is 0.103. The molecule has 0 spiro atoms. The highest BCUT2D eigenvalue weighted by Gasteiger charge is 2.21. The van der Waals surface area contributed by atoms with Crippen LogP contribution in [0, 0.1) is 18.2 Å². The summed E-state index contributed by atoms with van der Waals surface area (Å²) in [5, 5.41) is 0. The molecule has 2 aromatic carbocycles. The van der Waals surface area contributed by atoms with Gasteiger partial charge in [-0.2, -0.15) is 0 Å². The summed E-state index contributed by atoms with van der Waals surface area (Å²) < 4.78 is 54.2. The van der Waals surface area contributed by atoms with E-state index in [1.54, 1.807) is 6.92 Å². The van der Waals surface area contributed by atoms with Crippen LogP contribution < -0.4 is 4.72 Å². The van der Waals surface area contributed by atoms with Crippen LogP contribution in [0.3, 0.4) is 0 Å². The summed E-state index contributed by atoms with van der Waals surface area (Å²) in [7, 11) is -3.75. The van der Waals surface area contributed by atoms with E-state index in [0.717, 1.165) is 6.07 Å². The number of fused-ring (bicyclic) bond motifs is 1. The number of aromatic nitrogens is 2. The normalized spacial score (nSPS) is 11.2. The van der Waals surface area contributed by atoms with E-state index in [1.165, 1.54) is 24.4 Å². The van der Waals surface area contributed by atoms with E-state index < -0.39 is 33.0 Å². The highest BCUT2D eigenvalue weighted by atomic mass is 32.2. The Balaban J connectivity index is 2.04. The molecule has 0 aliphatic carbocycles. The molecule has 1 N–H and O–H groups in total. The summed E-state index contributed by atoms with van der Waals surface area (Å²) in [6.07, 6.45) is 1.60. The predicted octanol–water partition coefficient (Wildman–Crippen LogP) is 3.84. The topological polar surface area (TPSA) is 93.4 Å². The lowest BCUT2D eigenvalue weighted by atomic mass is 10.0. The third kappa shape index (κ3) is 4.35. The first-order chi connectivity index (χ1) is 13.7. The summed E-state index contributed by atoms with van der Waals surface area (Å²) in [6.45, 7) is 8.63. The molecule has 0 bridgehead atoms. The molecule has 148 valence electrons. The smallest absolute Gasteiger partial charge is 0.288 e. The minimum atomic E-state index is -3.75. The zero-order valence-corrected chi connectivity index (χ0v) is 15.9. The molecule has 0 aliphatic heterocycles. The van der Waals surface area contributed by atoms with Crippen LogP contribution in [0.2, 0.25) is 0 Å². The molecular formula is C19H14F2N4O3S. The SMILES string of the molecule is [C-]#[N+]c1cnc2ccc(C(=O)c3cc(NS(=O)(=O)CCC)cc(F)c3F)cc2n1. The second kappa shape index (κ2) is 7.89. The zero-order valence-electron chi connectivity index (χ0n) is 15.1. The summed E-state index contributed by atoms with van der Waals surface area (Å²) in [5.74, 6) is -3.81. The van der Waals surface area contributed by atoms with Gasteiger partial charge in [0.1, 0.15) is 5.52 Å². The number of halogens is 2. The fourth-order valence-electron chi connectivity index (χ4n) is 2.66. The van der Waals surface area contributed by atoms with Gasteiger partial charge in [0.2, 0.25) is 10.0 Å². The van der Waals surface area contributed by atoms with E-state index in [1.807, 2.05) is 0 Å². The van der Waals surface area contributed by atoms with E-state index in [4.69, 9.17) is 6.57 Å². The Morgan fingerprint density at radius 3 is 2.66 bits per heavy atom. The number of nitrogens with zero attached hydrogens (tertiary/aromatic N) is 3. The number of benzene rings is 2. The summed E-state index contributed by atoms with van der Waals surface area (Å²) >= 11 is 0. The van der Waals surface area contributed by atoms with E-state index in [2.05, 4.69) is 19.5 Å². The maximum absolute atomic E-state index is 14.3. The van der Waals surface area contributed by atoms with Gasteiger partial charge in [-0.15, -0.1) is 4.98 Å². The van der Waals surface area contributed by atoms with Crippen molar-refractivity contribution in [1.29, 1.82) is 0 Å². The predicted molar refractivity (Wildman–Crippen MR) is 103 cm³/mol. The van der Waals surface area contributed by atoms with Crippen LogP contribution >= 0.6 is 0 Å². The maximum atomic E-state index is 14.3. The maximum Gasteiger partial charge on any atom is 0.288 e. The van der Waals surface area contributed by atoms with Crippen molar-refractivity contribution in [2.75, 3.05) is 10.5 Å². The summed E-state index contributed by atoms with van der Waals surface area (Å²) in [6, 6.07) is 5.75. The first kappa shape index (κ1) is 20.3. The molecule has 0 saturated carbocycles. The monoisotopic (exact) mass is 416 g/mol. The van der Waals surface area contributed by atoms with Crippen molar-refractivity contribution in [2.24, 2.45) is 0 Å². The van der Waals surface area contributed by atoms with Crippen LogP contribution in [0.4, 0.5) is 20.3 Å². The minimum Gasteiger partial charge on any atom is -0.359 e. The highest BCUT2D eigenvalue weighted by Crippen LogP contribution is 2.24. The number of rotatable bonds is 6. The molecule has 0 unspecified atom stereocenters. The second-order valence-electron chi connectivity index (χ2n) is 6.11. The van der Waals surface area contributed by atoms with E-state index in [0.29, 0.717) is 18.0 Å². The van der Waals surface area contributed by atoms with Crippen molar-refractivity contribution in [3.63, 3.8) is 0 Å². The van der Waals surface area contributed by atoms with Crippen molar-refractivity contribution < 1.29 is 22.0 Å². The third-order valence-corrected chi connectivity index (χ3v) is 5.42. The lowest BCUT2D eigenvalue weighted by Gasteiger charge is -2.10. The fourth-order valence-corrected chi connectivity index (χ4v) is 3.78. The van der Waals surface area contributed by atoms with Gasteiger partial charge in [0, 0.05) is 17.7 Å². The largest absolute Gasteiger partial charge is 0.359 e. The van der Waals surface area contributed by atoms with Crippen molar-refractivity contribution in [3.8, 4) is 0 Å². The quantitative estimate of drug-likeness (QED) is 0.487. The average molecular weight is 416 g/mol. The number of ketones is 1. The zero-order chi connectivity index (χ0) is 21.2. The number of carbonyl (C=O) groups is 1.